The summed E-state index contributed by atoms with van der Waals surface area (Å²) in [7, 11) is 0. The van der Waals surface area contributed by atoms with Gasteiger partial charge in [-0.05, 0) is 55.3 Å². The number of hydrogen-bond acceptors (Lipinski definition) is 1. The van der Waals surface area contributed by atoms with E-state index in [4.69, 9.17) is 0 Å². The zero-order valence-corrected chi connectivity index (χ0v) is 10.7. The third kappa shape index (κ3) is 3.53. The van der Waals surface area contributed by atoms with Crippen molar-refractivity contribution in [2.75, 3.05) is 6.54 Å². The van der Waals surface area contributed by atoms with Gasteiger partial charge in [0.1, 0.15) is 5.82 Å². The van der Waals surface area contributed by atoms with Crippen molar-refractivity contribution >= 4 is 0 Å². The van der Waals surface area contributed by atoms with Gasteiger partial charge in [0.15, 0.2) is 0 Å². The highest BCUT2D eigenvalue weighted by molar-refractivity contribution is 5.17. The van der Waals surface area contributed by atoms with Gasteiger partial charge in [-0.1, -0.05) is 26.0 Å². The average Bonchev–Trinajstić information content (AvgIpc) is 3.14. The van der Waals surface area contributed by atoms with E-state index >= 15 is 0 Å². The lowest BCUT2D eigenvalue weighted by Gasteiger charge is -2.25. The second-order valence-corrected chi connectivity index (χ2v) is 5.19. The summed E-state index contributed by atoms with van der Waals surface area (Å²) in [6, 6.07) is 7.44. The van der Waals surface area contributed by atoms with E-state index in [0.717, 1.165) is 24.8 Å². The molecule has 0 saturated heterocycles. The second-order valence-electron chi connectivity index (χ2n) is 5.19. The standard InChI is InChI=1S/C15H22FN/c1-3-17-15(11(2)13-6-7-13)10-12-4-8-14(16)9-5-12/h4-5,8-9,11,13,15,17H,3,6-7,10H2,1-2H3. The summed E-state index contributed by atoms with van der Waals surface area (Å²) >= 11 is 0. The molecule has 1 aromatic rings. The maximum Gasteiger partial charge on any atom is 0.123 e. The molecule has 2 heteroatoms. The maximum atomic E-state index is 12.9. The zero-order valence-electron chi connectivity index (χ0n) is 10.7. The minimum atomic E-state index is -0.149. The summed E-state index contributed by atoms with van der Waals surface area (Å²) in [5, 5.41) is 3.57. The molecule has 0 bridgehead atoms. The van der Waals surface area contributed by atoms with Crippen LogP contribution in [0.25, 0.3) is 0 Å². The molecule has 1 aliphatic rings. The lowest BCUT2D eigenvalue weighted by atomic mass is 9.91. The first-order valence-electron chi connectivity index (χ1n) is 6.68. The number of nitrogens with one attached hydrogen (secondary N) is 1. The number of likely N-dealkylation sites (N-methyl/N-ethyl adjacent to an activating group) is 1. The van der Waals surface area contributed by atoms with Crippen LogP contribution in [0.2, 0.25) is 0 Å². The highest BCUT2D eigenvalue weighted by Crippen LogP contribution is 2.38. The van der Waals surface area contributed by atoms with Crippen LogP contribution in [0, 0.1) is 17.7 Å². The summed E-state index contributed by atoms with van der Waals surface area (Å²) in [5.74, 6) is 1.48. The highest BCUT2D eigenvalue weighted by Gasteiger charge is 2.32. The molecular formula is C15H22FN. The van der Waals surface area contributed by atoms with Gasteiger partial charge in [0, 0.05) is 6.04 Å². The highest BCUT2D eigenvalue weighted by atomic mass is 19.1. The molecule has 1 fully saturated rings. The Labute approximate surface area is 103 Å². The Balaban J connectivity index is 1.98. The molecule has 0 aromatic heterocycles. The van der Waals surface area contributed by atoms with Crippen molar-refractivity contribution in [3.63, 3.8) is 0 Å². The number of hydrogen-bond donors (Lipinski definition) is 1. The second kappa shape index (κ2) is 5.63. The van der Waals surface area contributed by atoms with Crippen LogP contribution in [0.1, 0.15) is 32.3 Å². The summed E-state index contributed by atoms with van der Waals surface area (Å²) in [6.45, 7) is 5.49. The minimum absolute atomic E-state index is 0.149. The summed E-state index contributed by atoms with van der Waals surface area (Å²) < 4.78 is 12.9. The fourth-order valence-electron chi connectivity index (χ4n) is 2.53. The SMILES string of the molecule is CCNC(Cc1ccc(F)cc1)C(C)C1CC1. The van der Waals surface area contributed by atoms with Gasteiger partial charge < -0.3 is 5.32 Å². The fraction of sp³-hybridized carbons (Fsp3) is 0.600. The summed E-state index contributed by atoms with van der Waals surface area (Å²) in [6.07, 6.45) is 3.77. The van der Waals surface area contributed by atoms with Crippen LogP contribution in [0.5, 0.6) is 0 Å². The van der Waals surface area contributed by atoms with E-state index in [9.17, 15) is 4.39 Å². The molecule has 1 saturated carbocycles. The van der Waals surface area contributed by atoms with Crippen LogP contribution in [-0.2, 0) is 6.42 Å². The largest absolute Gasteiger partial charge is 0.314 e. The number of benzene rings is 1. The zero-order chi connectivity index (χ0) is 12.3. The van der Waals surface area contributed by atoms with Crippen molar-refractivity contribution < 1.29 is 4.39 Å². The van der Waals surface area contributed by atoms with Crippen LogP contribution in [-0.4, -0.2) is 12.6 Å². The van der Waals surface area contributed by atoms with E-state index in [1.165, 1.54) is 18.4 Å². The smallest absolute Gasteiger partial charge is 0.123 e. The Morgan fingerprint density at radius 1 is 1.29 bits per heavy atom. The third-order valence-corrected chi connectivity index (χ3v) is 3.84. The van der Waals surface area contributed by atoms with E-state index in [0.29, 0.717) is 6.04 Å². The Morgan fingerprint density at radius 2 is 1.94 bits per heavy atom. The lowest BCUT2D eigenvalue weighted by Crippen LogP contribution is -2.37. The monoisotopic (exact) mass is 235 g/mol. The summed E-state index contributed by atoms with van der Waals surface area (Å²) in [4.78, 5) is 0. The van der Waals surface area contributed by atoms with Crippen molar-refractivity contribution in [2.24, 2.45) is 11.8 Å². The van der Waals surface area contributed by atoms with Gasteiger partial charge in [-0.15, -0.1) is 0 Å². The van der Waals surface area contributed by atoms with Crippen molar-refractivity contribution in [1.82, 2.24) is 5.32 Å². The molecule has 1 aromatic carbocycles. The molecule has 94 valence electrons. The van der Waals surface area contributed by atoms with Crippen molar-refractivity contribution in [1.29, 1.82) is 0 Å². The molecule has 1 nitrogen and oxygen atoms in total. The van der Waals surface area contributed by atoms with Crippen molar-refractivity contribution in [2.45, 2.75) is 39.2 Å². The topological polar surface area (TPSA) is 12.0 Å². The predicted molar refractivity (Wildman–Crippen MR) is 69.5 cm³/mol. The molecule has 0 radical (unpaired) electrons. The Morgan fingerprint density at radius 3 is 2.47 bits per heavy atom. The van der Waals surface area contributed by atoms with Crippen LogP contribution in [0.3, 0.4) is 0 Å². The van der Waals surface area contributed by atoms with E-state index in [2.05, 4.69) is 19.2 Å². The van der Waals surface area contributed by atoms with Gasteiger partial charge in [-0.25, -0.2) is 4.39 Å². The van der Waals surface area contributed by atoms with Gasteiger partial charge >= 0.3 is 0 Å². The normalized spacial score (nSPS) is 19.0. The first-order chi connectivity index (χ1) is 8.20. The maximum absolute atomic E-state index is 12.9. The molecule has 2 unspecified atom stereocenters. The quantitative estimate of drug-likeness (QED) is 0.797. The molecule has 1 aliphatic carbocycles. The average molecular weight is 235 g/mol. The van der Waals surface area contributed by atoms with Crippen molar-refractivity contribution in [3.8, 4) is 0 Å². The molecule has 0 spiro atoms. The van der Waals surface area contributed by atoms with Crippen LogP contribution in [0.4, 0.5) is 4.39 Å². The number of rotatable bonds is 6. The van der Waals surface area contributed by atoms with Crippen LogP contribution < -0.4 is 5.32 Å². The molecule has 17 heavy (non-hydrogen) atoms. The molecule has 0 aliphatic heterocycles. The molecule has 2 atom stereocenters. The first kappa shape index (κ1) is 12.6. The molecule has 1 N–H and O–H groups in total. The Bertz CT molecular complexity index is 342. The van der Waals surface area contributed by atoms with E-state index in [1.54, 1.807) is 12.1 Å². The lowest BCUT2D eigenvalue weighted by molar-refractivity contribution is 0.344. The Hall–Kier alpha value is -0.890. The summed E-state index contributed by atoms with van der Waals surface area (Å²) in [5.41, 5.74) is 1.23. The van der Waals surface area contributed by atoms with Gasteiger partial charge in [0.05, 0.1) is 0 Å². The molecule has 0 heterocycles. The van der Waals surface area contributed by atoms with E-state index in [1.807, 2.05) is 12.1 Å². The molecule has 2 rings (SSSR count). The third-order valence-electron chi connectivity index (χ3n) is 3.84. The molecule has 0 amide bonds. The van der Waals surface area contributed by atoms with Gasteiger partial charge in [-0.3, -0.25) is 0 Å². The molecular weight excluding hydrogens is 213 g/mol. The van der Waals surface area contributed by atoms with Gasteiger partial charge in [0.2, 0.25) is 0 Å². The predicted octanol–water partition coefficient (Wildman–Crippen LogP) is 3.39. The van der Waals surface area contributed by atoms with Crippen LogP contribution in [0.15, 0.2) is 24.3 Å². The first-order valence-corrected chi connectivity index (χ1v) is 6.68. The van der Waals surface area contributed by atoms with E-state index < -0.39 is 0 Å². The van der Waals surface area contributed by atoms with Gasteiger partial charge in [0.25, 0.3) is 0 Å². The minimum Gasteiger partial charge on any atom is -0.314 e. The Kier molecular flexibility index (Phi) is 4.16. The van der Waals surface area contributed by atoms with Crippen molar-refractivity contribution in [3.05, 3.63) is 35.6 Å². The number of halogens is 1. The van der Waals surface area contributed by atoms with E-state index in [-0.39, 0.29) is 5.82 Å². The fourth-order valence-corrected chi connectivity index (χ4v) is 2.53. The van der Waals surface area contributed by atoms with Crippen LogP contribution >= 0.6 is 0 Å². The van der Waals surface area contributed by atoms with Gasteiger partial charge in [-0.2, -0.15) is 0 Å².